The number of nitrogens with zero attached hydrogens (tertiary/aromatic N) is 1. The number of benzene rings is 1. The summed E-state index contributed by atoms with van der Waals surface area (Å²) in [5.41, 5.74) is 0.703. The van der Waals surface area contributed by atoms with E-state index < -0.39 is 0 Å². The fraction of sp³-hybridized carbons (Fsp3) is 0.562. The number of rotatable bonds is 6. The molecule has 0 saturated carbocycles. The van der Waals surface area contributed by atoms with Gasteiger partial charge in [0.15, 0.2) is 0 Å². The van der Waals surface area contributed by atoms with Crippen molar-refractivity contribution in [2.75, 3.05) is 13.1 Å². The van der Waals surface area contributed by atoms with Crippen LogP contribution in [0.25, 0.3) is 0 Å². The SMILES string of the molecule is CCC(NC(C)CN1CCCC1=O)c1ccccc1F. The Bertz CT molecular complexity index is 464. The lowest BCUT2D eigenvalue weighted by atomic mass is 10.0. The molecular weight excluding hydrogens is 255 g/mol. The molecule has 1 aliphatic rings. The van der Waals surface area contributed by atoms with E-state index in [2.05, 4.69) is 12.2 Å². The molecular formula is C16H23FN2O. The third-order valence-corrected chi connectivity index (χ3v) is 3.84. The van der Waals surface area contributed by atoms with Crippen LogP contribution in [0.4, 0.5) is 4.39 Å². The van der Waals surface area contributed by atoms with Gasteiger partial charge >= 0.3 is 0 Å². The Labute approximate surface area is 120 Å². The minimum atomic E-state index is -0.170. The zero-order valence-corrected chi connectivity index (χ0v) is 12.2. The Morgan fingerprint density at radius 3 is 2.75 bits per heavy atom. The molecule has 0 radical (unpaired) electrons. The van der Waals surface area contributed by atoms with E-state index in [1.54, 1.807) is 6.07 Å². The van der Waals surface area contributed by atoms with Crippen molar-refractivity contribution in [2.24, 2.45) is 0 Å². The van der Waals surface area contributed by atoms with Crippen LogP contribution in [0.3, 0.4) is 0 Å². The standard InChI is InChI=1S/C16H23FN2O/c1-3-15(13-7-4-5-8-14(13)17)18-12(2)11-19-10-6-9-16(19)20/h4-5,7-8,12,15,18H,3,6,9-11H2,1-2H3. The lowest BCUT2D eigenvalue weighted by molar-refractivity contribution is -0.127. The van der Waals surface area contributed by atoms with Crippen LogP contribution < -0.4 is 5.32 Å². The van der Waals surface area contributed by atoms with Crippen molar-refractivity contribution in [3.8, 4) is 0 Å². The van der Waals surface area contributed by atoms with E-state index in [1.807, 2.05) is 24.0 Å². The number of carbonyl (C=O) groups is 1. The predicted molar refractivity (Wildman–Crippen MR) is 77.8 cm³/mol. The average Bonchev–Trinajstić information content (AvgIpc) is 2.82. The topological polar surface area (TPSA) is 32.3 Å². The van der Waals surface area contributed by atoms with E-state index in [9.17, 15) is 9.18 Å². The Kier molecular flexibility index (Phi) is 5.12. The lowest BCUT2D eigenvalue weighted by Crippen LogP contribution is -2.41. The molecule has 3 nitrogen and oxygen atoms in total. The highest BCUT2D eigenvalue weighted by Gasteiger charge is 2.23. The van der Waals surface area contributed by atoms with Crippen LogP contribution >= 0.6 is 0 Å². The number of amides is 1. The van der Waals surface area contributed by atoms with Crippen LogP contribution in [-0.4, -0.2) is 29.9 Å². The number of halogens is 1. The van der Waals surface area contributed by atoms with Gasteiger partial charge in [0.25, 0.3) is 0 Å². The van der Waals surface area contributed by atoms with Gasteiger partial charge in [-0.05, 0) is 25.8 Å². The van der Waals surface area contributed by atoms with Gasteiger partial charge in [-0.2, -0.15) is 0 Å². The Balaban J connectivity index is 1.96. The van der Waals surface area contributed by atoms with Crippen LogP contribution in [0.1, 0.15) is 44.7 Å². The largest absolute Gasteiger partial charge is 0.341 e. The molecule has 1 fully saturated rings. The summed E-state index contributed by atoms with van der Waals surface area (Å²) in [6.45, 7) is 5.64. The van der Waals surface area contributed by atoms with Gasteiger partial charge in [0.2, 0.25) is 5.91 Å². The molecule has 110 valence electrons. The molecule has 4 heteroatoms. The molecule has 1 aromatic carbocycles. The molecule has 0 spiro atoms. The Hall–Kier alpha value is -1.42. The number of hydrogen-bond acceptors (Lipinski definition) is 2. The molecule has 20 heavy (non-hydrogen) atoms. The smallest absolute Gasteiger partial charge is 0.222 e. The van der Waals surface area contributed by atoms with E-state index in [4.69, 9.17) is 0 Å². The van der Waals surface area contributed by atoms with Crippen molar-refractivity contribution < 1.29 is 9.18 Å². The Morgan fingerprint density at radius 2 is 2.15 bits per heavy atom. The number of hydrogen-bond donors (Lipinski definition) is 1. The van der Waals surface area contributed by atoms with Gasteiger partial charge in [0.05, 0.1) is 0 Å². The second kappa shape index (κ2) is 6.84. The summed E-state index contributed by atoms with van der Waals surface area (Å²) < 4.78 is 13.8. The van der Waals surface area contributed by atoms with Crippen molar-refractivity contribution in [2.45, 2.75) is 45.2 Å². The second-order valence-corrected chi connectivity index (χ2v) is 5.49. The first-order valence-corrected chi connectivity index (χ1v) is 7.40. The summed E-state index contributed by atoms with van der Waals surface area (Å²) in [5.74, 6) is 0.0638. The molecule has 1 amide bonds. The van der Waals surface area contributed by atoms with E-state index in [0.29, 0.717) is 18.5 Å². The predicted octanol–water partition coefficient (Wildman–Crippen LogP) is 2.88. The van der Waals surface area contributed by atoms with E-state index in [1.165, 1.54) is 6.07 Å². The van der Waals surface area contributed by atoms with Gasteiger partial charge in [-0.1, -0.05) is 25.1 Å². The van der Waals surface area contributed by atoms with E-state index >= 15 is 0 Å². The van der Waals surface area contributed by atoms with Crippen molar-refractivity contribution in [3.63, 3.8) is 0 Å². The first-order chi connectivity index (χ1) is 9.61. The monoisotopic (exact) mass is 278 g/mol. The van der Waals surface area contributed by atoms with Crippen LogP contribution in [-0.2, 0) is 4.79 Å². The third kappa shape index (κ3) is 3.57. The maximum absolute atomic E-state index is 13.8. The van der Waals surface area contributed by atoms with Gasteiger partial charge in [-0.15, -0.1) is 0 Å². The van der Waals surface area contributed by atoms with Crippen LogP contribution in [0.5, 0.6) is 0 Å². The highest BCUT2D eigenvalue weighted by Crippen LogP contribution is 2.20. The van der Waals surface area contributed by atoms with E-state index in [0.717, 1.165) is 19.4 Å². The number of likely N-dealkylation sites (tertiary alicyclic amines) is 1. The van der Waals surface area contributed by atoms with Gasteiger partial charge in [-0.3, -0.25) is 4.79 Å². The first-order valence-electron chi connectivity index (χ1n) is 7.40. The fourth-order valence-corrected chi connectivity index (χ4v) is 2.81. The average molecular weight is 278 g/mol. The van der Waals surface area contributed by atoms with Crippen molar-refractivity contribution in [1.29, 1.82) is 0 Å². The maximum atomic E-state index is 13.8. The molecule has 1 aliphatic heterocycles. The molecule has 0 aromatic heterocycles. The van der Waals surface area contributed by atoms with Gasteiger partial charge < -0.3 is 10.2 Å². The molecule has 2 rings (SSSR count). The summed E-state index contributed by atoms with van der Waals surface area (Å²) in [6.07, 6.45) is 2.44. The van der Waals surface area contributed by atoms with Crippen molar-refractivity contribution in [3.05, 3.63) is 35.6 Å². The van der Waals surface area contributed by atoms with Crippen LogP contribution in [0.2, 0.25) is 0 Å². The van der Waals surface area contributed by atoms with Crippen LogP contribution in [0.15, 0.2) is 24.3 Å². The maximum Gasteiger partial charge on any atom is 0.222 e. The molecule has 1 heterocycles. The normalized spacial score (nSPS) is 18.4. The second-order valence-electron chi connectivity index (χ2n) is 5.49. The summed E-state index contributed by atoms with van der Waals surface area (Å²) in [5, 5.41) is 3.44. The Morgan fingerprint density at radius 1 is 1.40 bits per heavy atom. The molecule has 0 bridgehead atoms. The number of carbonyl (C=O) groups excluding carboxylic acids is 1. The summed E-state index contributed by atoms with van der Waals surface area (Å²) in [6, 6.07) is 7.03. The summed E-state index contributed by atoms with van der Waals surface area (Å²) >= 11 is 0. The molecule has 0 aliphatic carbocycles. The minimum absolute atomic E-state index is 0.0103. The molecule has 2 unspecified atom stereocenters. The minimum Gasteiger partial charge on any atom is -0.341 e. The van der Waals surface area contributed by atoms with Crippen molar-refractivity contribution >= 4 is 5.91 Å². The zero-order chi connectivity index (χ0) is 14.5. The third-order valence-electron chi connectivity index (χ3n) is 3.84. The quantitative estimate of drug-likeness (QED) is 0.868. The number of nitrogens with one attached hydrogen (secondary N) is 1. The molecule has 2 atom stereocenters. The molecule has 1 N–H and O–H groups in total. The molecule has 1 aromatic rings. The zero-order valence-electron chi connectivity index (χ0n) is 12.2. The van der Waals surface area contributed by atoms with E-state index in [-0.39, 0.29) is 23.8 Å². The first kappa shape index (κ1) is 15.0. The van der Waals surface area contributed by atoms with Gasteiger partial charge in [0, 0.05) is 37.2 Å². The lowest BCUT2D eigenvalue weighted by Gasteiger charge is -2.26. The highest BCUT2D eigenvalue weighted by atomic mass is 19.1. The fourth-order valence-electron chi connectivity index (χ4n) is 2.81. The van der Waals surface area contributed by atoms with Gasteiger partial charge in [-0.25, -0.2) is 4.39 Å². The summed E-state index contributed by atoms with van der Waals surface area (Å²) in [4.78, 5) is 13.5. The highest BCUT2D eigenvalue weighted by molar-refractivity contribution is 5.78. The van der Waals surface area contributed by atoms with Crippen molar-refractivity contribution in [1.82, 2.24) is 10.2 Å². The molecule has 1 saturated heterocycles. The van der Waals surface area contributed by atoms with Crippen LogP contribution in [0, 0.1) is 5.82 Å². The van der Waals surface area contributed by atoms with Gasteiger partial charge in [0.1, 0.15) is 5.82 Å². The summed E-state index contributed by atoms with van der Waals surface area (Å²) in [7, 11) is 0.